The molecule has 0 spiro atoms. The summed E-state index contributed by atoms with van der Waals surface area (Å²) in [5.74, 6) is 1.72. The molecule has 1 aromatic carbocycles. The number of unbranched alkanes of at least 4 members (excludes halogenated alkanes) is 1. The highest BCUT2D eigenvalue weighted by Gasteiger charge is 2.28. The number of amides is 1. The quantitative estimate of drug-likeness (QED) is 0.704. The van der Waals surface area contributed by atoms with Crippen molar-refractivity contribution in [3.63, 3.8) is 0 Å². The van der Waals surface area contributed by atoms with Gasteiger partial charge in [-0.3, -0.25) is 4.79 Å². The van der Waals surface area contributed by atoms with E-state index in [4.69, 9.17) is 15.0 Å². The molecule has 1 amide bonds. The van der Waals surface area contributed by atoms with Crippen molar-refractivity contribution in [2.24, 2.45) is 5.73 Å². The molecule has 1 aromatic heterocycles. The summed E-state index contributed by atoms with van der Waals surface area (Å²) in [6.07, 6.45) is 3.93. The number of nitrogens with one attached hydrogen (secondary N) is 1. The van der Waals surface area contributed by atoms with Gasteiger partial charge in [-0.2, -0.15) is 0 Å². The molecular weight excluding hydrogens is 332 g/mol. The number of carbonyl (C=O) groups is 1. The predicted octanol–water partition coefficient (Wildman–Crippen LogP) is 2.42. The second-order valence-electron chi connectivity index (χ2n) is 6.38. The van der Waals surface area contributed by atoms with Crippen molar-refractivity contribution in [1.82, 2.24) is 10.5 Å². The first kappa shape index (κ1) is 18.3. The van der Waals surface area contributed by atoms with Gasteiger partial charge < -0.3 is 25.2 Å². The van der Waals surface area contributed by atoms with Gasteiger partial charge in [-0.05, 0) is 56.5 Å². The lowest BCUT2D eigenvalue weighted by Crippen LogP contribution is -2.28. The molecule has 7 nitrogen and oxygen atoms in total. The molecule has 3 N–H and O–H groups in total. The van der Waals surface area contributed by atoms with Gasteiger partial charge >= 0.3 is 0 Å². The van der Waals surface area contributed by atoms with Crippen molar-refractivity contribution in [3.8, 4) is 17.1 Å². The minimum absolute atomic E-state index is 0.156. The standard InChI is InChI=1S/C19H26N4O3/c1-25-15-8-6-14(7-9-15)17-16(19(24)21-11-3-2-10-20)18(22-26-17)23-12-4-5-13-23/h6-9H,2-5,10-13,20H2,1H3,(H,21,24). The van der Waals surface area contributed by atoms with Crippen molar-refractivity contribution in [3.05, 3.63) is 29.8 Å². The van der Waals surface area contributed by atoms with E-state index in [1.54, 1.807) is 7.11 Å². The van der Waals surface area contributed by atoms with Gasteiger partial charge in [0.15, 0.2) is 11.6 Å². The van der Waals surface area contributed by atoms with Crippen LogP contribution in [0.3, 0.4) is 0 Å². The maximum atomic E-state index is 12.9. The molecule has 1 aliphatic heterocycles. The number of methoxy groups -OCH3 is 1. The number of ether oxygens (including phenoxy) is 1. The van der Waals surface area contributed by atoms with E-state index in [9.17, 15) is 4.79 Å². The number of anilines is 1. The van der Waals surface area contributed by atoms with Gasteiger partial charge in [0.1, 0.15) is 11.3 Å². The van der Waals surface area contributed by atoms with Crippen LogP contribution in [0.4, 0.5) is 5.82 Å². The molecule has 1 aliphatic rings. The van der Waals surface area contributed by atoms with Crippen LogP contribution in [0.1, 0.15) is 36.0 Å². The SMILES string of the molecule is COc1ccc(-c2onc(N3CCCC3)c2C(=O)NCCCCN)cc1. The van der Waals surface area contributed by atoms with Crippen LogP contribution in [-0.4, -0.2) is 44.4 Å². The van der Waals surface area contributed by atoms with Crippen molar-refractivity contribution in [1.29, 1.82) is 0 Å². The highest BCUT2D eigenvalue weighted by Crippen LogP contribution is 2.33. The average Bonchev–Trinajstić information content (AvgIpc) is 3.34. The van der Waals surface area contributed by atoms with E-state index in [0.29, 0.717) is 30.2 Å². The summed E-state index contributed by atoms with van der Waals surface area (Å²) < 4.78 is 10.8. The Labute approximate surface area is 153 Å². The highest BCUT2D eigenvalue weighted by atomic mass is 16.5. The Morgan fingerprint density at radius 2 is 2.00 bits per heavy atom. The first-order valence-corrected chi connectivity index (χ1v) is 9.12. The molecule has 26 heavy (non-hydrogen) atoms. The second kappa shape index (κ2) is 8.71. The van der Waals surface area contributed by atoms with Crippen molar-refractivity contribution < 1.29 is 14.1 Å². The summed E-state index contributed by atoms with van der Waals surface area (Å²) in [7, 11) is 1.62. The third kappa shape index (κ3) is 3.99. The van der Waals surface area contributed by atoms with E-state index in [0.717, 1.165) is 50.1 Å². The maximum Gasteiger partial charge on any atom is 0.259 e. The largest absolute Gasteiger partial charge is 0.497 e. The average molecular weight is 358 g/mol. The molecule has 7 heteroatoms. The van der Waals surface area contributed by atoms with Gasteiger partial charge in [0.2, 0.25) is 0 Å². The van der Waals surface area contributed by atoms with E-state index < -0.39 is 0 Å². The number of nitrogens with two attached hydrogens (primary N) is 1. The molecule has 0 aliphatic carbocycles. The molecule has 2 aromatic rings. The topological polar surface area (TPSA) is 93.6 Å². The number of aromatic nitrogens is 1. The summed E-state index contributed by atoms with van der Waals surface area (Å²) in [5, 5.41) is 7.19. The Bertz CT molecular complexity index is 721. The smallest absolute Gasteiger partial charge is 0.259 e. The molecule has 2 heterocycles. The van der Waals surface area contributed by atoms with Gasteiger partial charge in [-0.15, -0.1) is 0 Å². The van der Waals surface area contributed by atoms with Crippen molar-refractivity contribution in [2.75, 3.05) is 38.2 Å². The fourth-order valence-electron chi connectivity index (χ4n) is 3.13. The molecular formula is C19H26N4O3. The monoisotopic (exact) mass is 358 g/mol. The van der Waals surface area contributed by atoms with Crippen LogP contribution in [0.25, 0.3) is 11.3 Å². The van der Waals surface area contributed by atoms with Gasteiger partial charge in [0.25, 0.3) is 5.91 Å². The zero-order valence-electron chi connectivity index (χ0n) is 15.2. The number of hydrogen-bond donors (Lipinski definition) is 2. The Morgan fingerprint density at radius 1 is 1.27 bits per heavy atom. The summed E-state index contributed by atoms with van der Waals surface area (Å²) in [6, 6.07) is 7.43. The van der Waals surface area contributed by atoms with Crippen molar-refractivity contribution >= 4 is 11.7 Å². The molecule has 0 saturated carbocycles. The third-order valence-electron chi connectivity index (χ3n) is 4.58. The first-order valence-electron chi connectivity index (χ1n) is 9.12. The number of nitrogens with zero attached hydrogens (tertiary/aromatic N) is 2. The third-order valence-corrected chi connectivity index (χ3v) is 4.58. The fraction of sp³-hybridized carbons (Fsp3) is 0.474. The second-order valence-corrected chi connectivity index (χ2v) is 6.38. The van der Waals surface area contributed by atoms with E-state index in [1.165, 1.54) is 0 Å². The lowest BCUT2D eigenvalue weighted by molar-refractivity contribution is 0.0953. The van der Waals surface area contributed by atoms with E-state index in [1.807, 2.05) is 24.3 Å². The summed E-state index contributed by atoms with van der Waals surface area (Å²) >= 11 is 0. The summed E-state index contributed by atoms with van der Waals surface area (Å²) in [6.45, 7) is 2.99. The Kier molecular flexibility index (Phi) is 6.12. The van der Waals surface area contributed by atoms with Crippen LogP contribution in [0.15, 0.2) is 28.8 Å². The predicted molar refractivity (Wildman–Crippen MR) is 101 cm³/mol. The summed E-state index contributed by atoms with van der Waals surface area (Å²) in [4.78, 5) is 15.0. The first-order chi connectivity index (χ1) is 12.7. The van der Waals surface area contributed by atoms with Gasteiger partial charge in [-0.25, -0.2) is 0 Å². The Morgan fingerprint density at radius 3 is 2.65 bits per heavy atom. The van der Waals surface area contributed by atoms with E-state index in [-0.39, 0.29) is 5.91 Å². The van der Waals surface area contributed by atoms with E-state index >= 15 is 0 Å². The van der Waals surface area contributed by atoms with Gasteiger partial charge in [0.05, 0.1) is 7.11 Å². The fourth-order valence-corrected chi connectivity index (χ4v) is 3.13. The Balaban J connectivity index is 1.89. The number of hydrogen-bond acceptors (Lipinski definition) is 6. The number of rotatable bonds is 8. The highest BCUT2D eigenvalue weighted by molar-refractivity contribution is 6.04. The zero-order valence-corrected chi connectivity index (χ0v) is 15.2. The van der Waals surface area contributed by atoms with E-state index in [2.05, 4.69) is 15.4 Å². The molecule has 1 saturated heterocycles. The van der Waals surface area contributed by atoms with Gasteiger partial charge in [0, 0.05) is 25.2 Å². The van der Waals surface area contributed by atoms with Crippen LogP contribution in [-0.2, 0) is 0 Å². The molecule has 0 radical (unpaired) electrons. The minimum atomic E-state index is -0.156. The number of carbonyl (C=O) groups excluding carboxylic acids is 1. The van der Waals surface area contributed by atoms with Crippen LogP contribution < -0.4 is 20.7 Å². The molecule has 0 atom stereocenters. The lowest BCUT2D eigenvalue weighted by Gasteiger charge is -2.15. The van der Waals surface area contributed by atoms with Crippen LogP contribution in [0, 0.1) is 0 Å². The number of benzene rings is 1. The molecule has 0 bridgehead atoms. The molecule has 140 valence electrons. The minimum Gasteiger partial charge on any atom is -0.497 e. The molecule has 3 rings (SSSR count). The zero-order chi connectivity index (χ0) is 18.4. The summed E-state index contributed by atoms with van der Waals surface area (Å²) in [5.41, 5.74) is 6.82. The van der Waals surface area contributed by atoms with Crippen molar-refractivity contribution in [2.45, 2.75) is 25.7 Å². The van der Waals surface area contributed by atoms with Crippen LogP contribution in [0.5, 0.6) is 5.75 Å². The van der Waals surface area contributed by atoms with Crippen LogP contribution in [0.2, 0.25) is 0 Å². The molecule has 0 unspecified atom stereocenters. The van der Waals surface area contributed by atoms with Gasteiger partial charge in [-0.1, -0.05) is 5.16 Å². The normalized spacial score (nSPS) is 13.8. The van der Waals surface area contributed by atoms with Crippen LogP contribution >= 0.6 is 0 Å². The molecule has 1 fully saturated rings. The Hall–Kier alpha value is -2.54. The maximum absolute atomic E-state index is 12.9. The lowest BCUT2D eigenvalue weighted by atomic mass is 10.1.